The first kappa shape index (κ1) is 31.6. The standard InChI is InChI=1S/C24H45N7.2C2H6/c1-16-25-19(30(10)17-12-21(2,3)28-22(4,5)13-17)27-20(26-16)31(11)18-14-23(6,7)29-24(8,9)15-18;2*1-2/h17-18,28-29H,12-15H2,1-11H3;2*1-2H3. The quantitative estimate of drug-likeness (QED) is 0.558. The van der Waals surface area contributed by atoms with Gasteiger partial charge in [0, 0.05) is 48.3 Å². The summed E-state index contributed by atoms with van der Waals surface area (Å²) >= 11 is 0. The third-order valence-electron chi connectivity index (χ3n) is 6.79. The fraction of sp³-hybridized carbons (Fsp3) is 0.893. The molecule has 204 valence electrons. The molecule has 7 heteroatoms. The number of anilines is 2. The summed E-state index contributed by atoms with van der Waals surface area (Å²) in [4.78, 5) is 19.0. The zero-order chi connectivity index (χ0) is 27.4. The van der Waals surface area contributed by atoms with Crippen LogP contribution in [-0.2, 0) is 0 Å². The molecule has 0 amide bonds. The molecule has 3 rings (SSSR count). The highest BCUT2D eigenvalue weighted by atomic mass is 15.4. The molecule has 2 aliphatic rings. The van der Waals surface area contributed by atoms with E-state index < -0.39 is 0 Å². The van der Waals surface area contributed by atoms with Gasteiger partial charge in [-0.25, -0.2) is 0 Å². The van der Waals surface area contributed by atoms with Crippen LogP contribution >= 0.6 is 0 Å². The van der Waals surface area contributed by atoms with Crippen LogP contribution in [0.5, 0.6) is 0 Å². The summed E-state index contributed by atoms with van der Waals surface area (Å²) in [5, 5.41) is 7.55. The molecule has 0 radical (unpaired) electrons. The normalized spacial score (nSPS) is 22.7. The monoisotopic (exact) mass is 491 g/mol. The summed E-state index contributed by atoms with van der Waals surface area (Å²) in [6.07, 6.45) is 4.22. The van der Waals surface area contributed by atoms with E-state index in [0.717, 1.165) is 43.4 Å². The molecule has 35 heavy (non-hydrogen) atoms. The molecular weight excluding hydrogens is 434 g/mol. The molecule has 0 spiro atoms. The average molecular weight is 492 g/mol. The minimum Gasteiger partial charge on any atom is -0.341 e. The lowest BCUT2D eigenvalue weighted by Gasteiger charge is -2.49. The van der Waals surface area contributed by atoms with Crippen LogP contribution < -0.4 is 20.4 Å². The number of piperidine rings is 2. The molecule has 0 bridgehead atoms. The van der Waals surface area contributed by atoms with Crippen molar-refractivity contribution >= 4 is 11.9 Å². The van der Waals surface area contributed by atoms with Crippen LogP contribution in [0.25, 0.3) is 0 Å². The van der Waals surface area contributed by atoms with Gasteiger partial charge >= 0.3 is 0 Å². The van der Waals surface area contributed by atoms with Gasteiger partial charge in [-0.3, -0.25) is 0 Å². The zero-order valence-corrected chi connectivity index (χ0v) is 25.7. The van der Waals surface area contributed by atoms with Crippen LogP contribution in [0.1, 0.15) is 115 Å². The van der Waals surface area contributed by atoms with Crippen molar-refractivity contribution in [3.05, 3.63) is 5.82 Å². The van der Waals surface area contributed by atoms with Gasteiger partial charge in [-0.15, -0.1) is 0 Å². The summed E-state index contributed by atoms with van der Waals surface area (Å²) in [7, 11) is 4.27. The molecule has 1 aromatic rings. The maximum Gasteiger partial charge on any atom is 0.230 e. The lowest BCUT2D eigenvalue weighted by Crippen LogP contribution is -2.62. The number of hydrogen-bond donors (Lipinski definition) is 2. The summed E-state index contributed by atoms with van der Waals surface area (Å²) < 4.78 is 0. The van der Waals surface area contributed by atoms with E-state index in [4.69, 9.17) is 15.0 Å². The van der Waals surface area contributed by atoms with Gasteiger partial charge in [0.2, 0.25) is 11.9 Å². The molecule has 0 aromatic carbocycles. The van der Waals surface area contributed by atoms with Crippen LogP contribution in [0.15, 0.2) is 0 Å². The van der Waals surface area contributed by atoms with E-state index in [1.165, 1.54) is 0 Å². The fourth-order valence-corrected chi connectivity index (χ4v) is 6.18. The van der Waals surface area contributed by atoms with Gasteiger partial charge in [-0.1, -0.05) is 27.7 Å². The number of rotatable bonds is 4. The lowest BCUT2D eigenvalue weighted by atomic mass is 9.79. The predicted molar refractivity (Wildman–Crippen MR) is 153 cm³/mol. The van der Waals surface area contributed by atoms with Crippen molar-refractivity contribution < 1.29 is 0 Å². The highest BCUT2D eigenvalue weighted by Crippen LogP contribution is 2.34. The summed E-state index contributed by atoms with van der Waals surface area (Å²) in [5.74, 6) is 2.33. The van der Waals surface area contributed by atoms with Crippen LogP contribution in [0.2, 0.25) is 0 Å². The summed E-state index contributed by atoms with van der Waals surface area (Å²) in [6.45, 7) is 28.3. The Bertz CT molecular complexity index is 706. The Kier molecular flexibility index (Phi) is 10.6. The Morgan fingerprint density at radius 3 is 1.09 bits per heavy atom. The van der Waals surface area contributed by atoms with Gasteiger partial charge in [0.05, 0.1) is 0 Å². The van der Waals surface area contributed by atoms with Crippen molar-refractivity contribution in [1.82, 2.24) is 25.6 Å². The van der Waals surface area contributed by atoms with Crippen molar-refractivity contribution in [2.75, 3.05) is 23.9 Å². The summed E-state index contributed by atoms with van der Waals surface area (Å²) in [5.41, 5.74) is 0.312. The minimum atomic E-state index is 0.0780. The maximum atomic E-state index is 4.96. The van der Waals surface area contributed by atoms with Crippen molar-refractivity contribution in [3.8, 4) is 0 Å². The number of aryl methyl sites for hydroxylation is 1. The van der Waals surface area contributed by atoms with Gasteiger partial charge in [0.25, 0.3) is 0 Å². The molecule has 0 atom stereocenters. The van der Waals surface area contributed by atoms with E-state index >= 15 is 0 Å². The van der Waals surface area contributed by atoms with Crippen LogP contribution in [0, 0.1) is 6.92 Å². The first-order valence-electron chi connectivity index (χ1n) is 13.7. The van der Waals surface area contributed by atoms with Gasteiger partial charge in [-0.05, 0) is 88.0 Å². The summed E-state index contributed by atoms with van der Waals surface area (Å²) in [6, 6.07) is 0.755. The number of nitrogens with one attached hydrogen (secondary N) is 2. The Hall–Kier alpha value is -1.47. The van der Waals surface area contributed by atoms with E-state index in [-0.39, 0.29) is 22.2 Å². The fourth-order valence-electron chi connectivity index (χ4n) is 6.18. The highest BCUT2D eigenvalue weighted by molar-refractivity contribution is 5.40. The Morgan fingerprint density at radius 1 is 0.571 bits per heavy atom. The zero-order valence-electron chi connectivity index (χ0n) is 25.7. The van der Waals surface area contributed by atoms with E-state index in [9.17, 15) is 0 Å². The van der Waals surface area contributed by atoms with Gasteiger partial charge < -0.3 is 20.4 Å². The van der Waals surface area contributed by atoms with Gasteiger partial charge in [-0.2, -0.15) is 15.0 Å². The molecule has 0 aliphatic carbocycles. The molecule has 7 nitrogen and oxygen atoms in total. The lowest BCUT2D eigenvalue weighted by molar-refractivity contribution is 0.160. The van der Waals surface area contributed by atoms with Crippen molar-refractivity contribution in [2.24, 2.45) is 0 Å². The van der Waals surface area contributed by atoms with E-state index in [1.54, 1.807) is 0 Å². The second kappa shape index (κ2) is 11.7. The third-order valence-corrected chi connectivity index (χ3v) is 6.79. The molecule has 3 heterocycles. The van der Waals surface area contributed by atoms with Gasteiger partial charge in [0.1, 0.15) is 5.82 Å². The molecule has 0 unspecified atom stereocenters. The van der Waals surface area contributed by atoms with E-state index in [1.807, 2.05) is 34.6 Å². The van der Waals surface area contributed by atoms with Crippen molar-refractivity contribution in [1.29, 1.82) is 0 Å². The largest absolute Gasteiger partial charge is 0.341 e. The molecule has 1 aromatic heterocycles. The average Bonchev–Trinajstić information content (AvgIpc) is 2.70. The SMILES string of the molecule is CC.CC.Cc1nc(N(C)C2CC(C)(C)NC(C)(C)C2)nc(N(C)C2CC(C)(C)NC(C)(C)C2)n1. The van der Waals surface area contributed by atoms with Crippen LogP contribution in [0.4, 0.5) is 11.9 Å². The molecule has 2 N–H and O–H groups in total. The first-order chi connectivity index (χ1) is 16.0. The van der Waals surface area contributed by atoms with Crippen molar-refractivity contribution in [2.45, 2.75) is 150 Å². The minimum absolute atomic E-state index is 0.0780. The molecular formula is C28H57N7. The molecule has 2 saturated heterocycles. The van der Waals surface area contributed by atoms with Crippen molar-refractivity contribution in [3.63, 3.8) is 0 Å². The highest BCUT2D eigenvalue weighted by Gasteiger charge is 2.41. The molecule has 2 fully saturated rings. The number of hydrogen-bond acceptors (Lipinski definition) is 7. The van der Waals surface area contributed by atoms with Crippen LogP contribution in [0.3, 0.4) is 0 Å². The second-order valence-corrected chi connectivity index (χ2v) is 12.6. The van der Waals surface area contributed by atoms with E-state index in [0.29, 0.717) is 12.1 Å². The number of nitrogens with zero attached hydrogens (tertiary/aromatic N) is 5. The Labute approximate surface area is 217 Å². The predicted octanol–water partition coefficient (Wildman–Crippen LogP) is 5.72. The molecule has 0 saturated carbocycles. The maximum absolute atomic E-state index is 4.96. The molecule has 2 aliphatic heterocycles. The second-order valence-electron chi connectivity index (χ2n) is 12.6. The van der Waals surface area contributed by atoms with E-state index in [2.05, 4.69) is 89.9 Å². The third kappa shape index (κ3) is 8.85. The number of aromatic nitrogens is 3. The topological polar surface area (TPSA) is 69.2 Å². The van der Waals surface area contributed by atoms with Gasteiger partial charge in [0.15, 0.2) is 0 Å². The Balaban J connectivity index is 0.00000145. The first-order valence-corrected chi connectivity index (χ1v) is 13.7. The Morgan fingerprint density at radius 2 is 0.829 bits per heavy atom. The van der Waals surface area contributed by atoms with Crippen LogP contribution in [-0.4, -0.2) is 63.3 Å². The smallest absolute Gasteiger partial charge is 0.230 e.